The zero-order valence-corrected chi connectivity index (χ0v) is 9.81. The Morgan fingerprint density at radius 1 is 1.36 bits per heavy atom. The summed E-state index contributed by atoms with van der Waals surface area (Å²) in [5, 5.41) is 0. The van der Waals surface area contributed by atoms with E-state index < -0.39 is 0 Å². The van der Waals surface area contributed by atoms with Gasteiger partial charge >= 0.3 is 0 Å². The number of likely N-dealkylation sites (tertiary alicyclic amines) is 1. The van der Waals surface area contributed by atoms with Crippen LogP contribution in [0.25, 0.3) is 0 Å². The third kappa shape index (κ3) is 4.00. The third-order valence-electron chi connectivity index (χ3n) is 2.63. The highest BCUT2D eigenvalue weighted by atomic mass is 35.5. The summed E-state index contributed by atoms with van der Waals surface area (Å²) in [6.07, 6.45) is 3.65. The summed E-state index contributed by atoms with van der Waals surface area (Å²) in [6, 6.07) is 0. The van der Waals surface area contributed by atoms with Crippen LogP contribution in [0.15, 0.2) is 0 Å². The van der Waals surface area contributed by atoms with Crippen LogP contribution in [0, 0.1) is 0 Å². The molecular weight excluding hydrogens is 225 g/mol. The van der Waals surface area contributed by atoms with Gasteiger partial charge in [0.2, 0.25) is 0 Å². The van der Waals surface area contributed by atoms with Crippen molar-refractivity contribution < 1.29 is 9.28 Å². The maximum atomic E-state index is 11.4. The maximum Gasteiger partial charge on any atom is 0.291 e. The van der Waals surface area contributed by atoms with E-state index in [4.69, 9.17) is 23.6 Å². The van der Waals surface area contributed by atoms with E-state index in [2.05, 4.69) is 12.5 Å². The summed E-state index contributed by atoms with van der Waals surface area (Å²) in [4.78, 5) is 11.4. The van der Waals surface area contributed by atoms with E-state index in [1.807, 2.05) is 0 Å². The largest absolute Gasteiger partial charge is 0.318 e. The van der Waals surface area contributed by atoms with Crippen molar-refractivity contribution in [3.05, 3.63) is 0 Å². The molecule has 1 saturated heterocycles. The number of carbonyl (C=O) groups excluding carboxylic acids is 1. The molecule has 0 spiro atoms. The average molecular weight is 241 g/mol. The second-order valence-electron chi connectivity index (χ2n) is 4.05. The van der Waals surface area contributed by atoms with Gasteiger partial charge in [-0.15, -0.1) is 0 Å². The molecule has 0 unspecified atom stereocenters. The number of amides is 1. The van der Waals surface area contributed by atoms with Gasteiger partial charge in [-0.2, -0.15) is 0 Å². The molecule has 1 N–H and O–H groups in total. The predicted molar refractivity (Wildman–Crippen MR) is 56.3 cm³/mol. The average Bonchev–Trinajstić information content (AvgIpc) is 2.02. The molecule has 1 aliphatic rings. The summed E-state index contributed by atoms with van der Waals surface area (Å²) in [5.41, 5.74) is 2.32. The molecule has 4 nitrogen and oxygen atoms in total. The first-order valence-corrected chi connectivity index (χ1v) is 5.44. The molecule has 0 aliphatic carbocycles. The van der Waals surface area contributed by atoms with Gasteiger partial charge in [-0.25, -0.2) is 0 Å². The van der Waals surface area contributed by atoms with Crippen LogP contribution in [-0.4, -0.2) is 41.1 Å². The van der Waals surface area contributed by atoms with Gasteiger partial charge in [0.25, 0.3) is 5.91 Å². The van der Waals surface area contributed by atoms with Crippen LogP contribution in [0.1, 0.15) is 19.3 Å². The van der Waals surface area contributed by atoms with Gasteiger partial charge in [0.15, 0.2) is 6.54 Å². The van der Waals surface area contributed by atoms with Crippen molar-refractivity contribution >= 4 is 29.5 Å². The number of halogens is 2. The minimum Gasteiger partial charge on any atom is -0.318 e. The first-order chi connectivity index (χ1) is 6.52. The Labute approximate surface area is 94.5 Å². The summed E-state index contributed by atoms with van der Waals surface area (Å²) >= 11 is 10.6. The van der Waals surface area contributed by atoms with Gasteiger partial charge in [-0.3, -0.25) is 10.2 Å². The highest BCUT2D eigenvalue weighted by Gasteiger charge is 2.27. The van der Waals surface area contributed by atoms with E-state index in [1.54, 1.807) is 0 Å². The molecule has 1 amide bonds. The van der Waals surface area contributed by atoms with E-state index in [1.165, 1.54) is 19.3 Å². The Morgan fingerprint density at radius 2 is 1.93 bits per heavy atom. The van der Waals surface area contributed by atoms with Gasteiger partial charge in [0.05, 0.1) is 20.1 Å². The summed E-state index contributed by atoms with van der Waals surface area (Å²) in [6.45, 7) is 2.55. The molecule has 1 rings (SSSR count). The summed E-state index contributed by atoms with van der Waals surface area (Å²) in [7, 11) is 2.09. The van der Waals surface area contributed by atoms with Gasteiger partial charge in [-0.05, 0) is 23.3 Å². The monoisotopic (exact) mass is 240 g/mol. The van der Waals surface area contributed by atoms with Crippen LogP contribution >= 0.6 is 23.6 Å². The number of hydrogen-bond donors (Lipinski definition) is 1. The Bertz CT molecular complexity index is 205. The first-order valence-electron chi connectivity index (χ1n) is 4.77. The number of hydrazine groups is 1. The molecule has 1 fully saturated rings. The third-order valence-corrected chi connectivity index (χ3v) is 2.80. The van der Waals surface area contributed by atoms with E-state index in [9.17, 15) is 4.79 Å². The van der Waals surface area contributed by atoms with Crippen molar-refractivity contribution in [2.75, 3.05) is 26.7 Å². The van der Waals surface area contributed by atoms with Crippen LogP contribution in [-0.2, 0) is 4.79 Å². The fourth-order valence-electron chi connectivity index (χ4n) is 1.91. The van der Waals surface area contributed by atoms with Crippen molar-refractivity contribution in [3.8, 4) is 0 Å². The Kier molecular flexibility index (Phi) is 4.44. The number of hydrogen-bond acceptors (Lipinski definition) is 2. The van der Waals surface area contributed by atoms with E-state index in [0.29, 0.717) is 10.6 Å². The number of rotatable bonds is 3. The second-order valence-corrected chi connectivity index (χ2v) is 4.90. The fourth-order valence-corrected chi connectivity index (χ4v) is 2.10. The minimum absolute atomic E-state index is 0.139. The van der Waals surface area contributed by atoms with E-state index in [-0.39, 0.29) is 5.91 Å². The highest BCUT2D eigenvalue weighted by molar-refractivity contribution is 6.33. The lowest BCUT2D eigenvalue weighted by Gasteiger charge is -2.37. The Balaban J connectivity index is 2.37. The molecule has 0 saturated carbocycles. The predicted octanol–water partition coefficient (Wildman–Crippen LogP) is 1.26. The van der Waals surface area contributed by atoms with Gasteiger partial charge < -0.3 is 4.48 Å². The lowest BCUT2D eigenvalue weighted by atomic mass is 10.1. The number of nitrogens with one attached hydrogen (secondary N) is 1. The van der Waals surface area contributed by atoms with Crippen molar-refractivity contribution in [2.24, 2.45) is 0 Å². The molecule has 6 heteroatoms. The molecule has 0 aromatic carbocycles. The molecule has 0 bridgehead atoms. The van der Waals surface area contributed by atoms with Gasteiger partial charge in [0, 0.05) is 23.6 Å². The summed E-state index contributed by atoms with van der Waals surface area (Å²) < 4.78 is 1.44. The van der Waals surface area contributed by atoms with Gasteiger partial charge in [0.1, 0.15) is 0 Å². The van der Waals surface area contributed by atoms with Crippen LogP contribution < -0.4 is 5.43 Å². The second kappa shape index (κ2) is 5.16. The molecule has 1 aliphatic heterocycles. The van der Waals surface area contributed by atoms with Crippen LogP contribution in [0.2, 0.25) is 0 Å². The van der Waals surface area contributed by atoms with E-state index >= 15 is 0 Å². The first kappa shape index (κ1) is 12.0. The SMILES string of the molecule is C[N+]1(CC(=O)NN(Cl)Cl)CCCCC1. The quantitative estimate of drug-likeness (QED) is 0.458. The number of nitrogens with zero attached hydrogens (tertiary/aromatic N) is 2. The molecule has 82 valence electrons. The molecule has 0 radical (unpaired) electrons. The highest BCUT2D eigenvalue weighted by Crippen LogP contribution is 2.15. The Morgan fingerprint density at radius 3 is 2.43 bits per heavy atom. The van der Waals surface area contributed by atoms with Crippen molar-refractivity contribution in [3.63, 3.8) is 0 Å². The molecule has 0 atom stereocenters. The number of quaternary nitrogens is 1. The zero-order valence-electron chi connectivity index (χ0n) is 8.30. The number of likely N-dealkylation sites (N-methyl/N-ethyl adjacent to an activating group) is 1. The van der Waals surface area contributed by atoms with E-state index in [0.717, 1.165) is 17.6 Å². The normalized spacial score (nSPS) is 20.9. The standard InChI is InChI=1S/C8H15Cl2N3O/c1-13(5-3-2-4-6-13)7-8(14)11-12(9)10/h2-7H2,1H3/p+1. The van der Waals surface area contributed by atoms with Crippen molar-refractivity contribution in [2.45, 2.75) is 19.3 Å². The smallest absolute Gasteiger partial charge is 0.291 e. The topological polar surface area (TPSA) is 32.3 Å². The molecule has 0 aromatic heterocycles. The van der Waals surface area contributed by atoms with Crippen molar-refractivity contribution in [1.82, 2.24) is 9.47 Å². The van der Waals surface area contributed by atoms with Crippen molar-refractivity contribution in [1.29, 1.82) is 0 Å². The van der Waals surface area contributed by atoms with Crippen LogP contribution in [0.3, 0.4) is 0 Å². The summed E-state index contributed by atoms with van der Waals surface area (Å²) in [5.74, 6) is -0.139. The molecular formula is C8H16Cl2N3O+. The minimum atomic E-state index is -0.139. The number of carbonyl (C=O) groups is 1. The Hall–Kier alpha value is -0.0300. The lowest BCUT2D eigenvalue weighted by molar-refractivity contribution is -0.906. The zero-order chi connectivity index (χ0) is 10.6. The molecule has 14 heavy (non-hydrogen) atoms. The lowest BCUT2D eigenvalue weighted by Crippen LogP contribution is -2.53. The molecule has 1 heterocycles. The van der Waals surface area contributed by atoms with Gasteiger partial charge in [-0.1, -0.05) is 0 Å². The molecule has 0 aromatic rings. The maximum absolute atomic E-state index is 11.4. The fraction of sp³-hybridized carbons (Fsp3) is 0.875. The van der Waals surface area contributed by atoms with Crippen LogP contribution in [0.4, 0.5) is 0 Å². The number of piperidine rings is 1. The van der Waals surface area contributed by atoms with Crippen LogP contribution in [0.5, 0.6) is 0 Å².